The molecule has 1 heteroatoms. The number of allylic oxidation sites excluding steroid dienone is 3. The molecule has 0 saturated carbocycles. The minimum absolute atomic E-state index is 0.00889. The van der Waals surface area contributed by atoms with Crippen LogP contribution >= 0.6 is 0 Å². The van der Waals surface area contributed by atoms with Crippen LogP contribution in [-0.2, 0) is 0 Å². The molecule has 0 bridgehead atoms. The van der Waals surface area contributed by atoms with Crippen molar-refractivity contribution in [2.75, 3.05) is 6.61 Å². The molecule has 0 fully saturated rings. The van der Waals surface area contributed by atoms with Crippen LogP contribution in [-0.4, -0.2) is 11.7 Å². The molecule has 0 heterocycles. The van der Waals surface area contributed by atoms with Gasteiger partial charge < -0.3 is 5.11 Å². The lowest BCUT2D eigenvalue weighted by Crippen LogP contribution is -1.86. The summed E-state index contributed by atoms with van der Waals surface area (Å²) >= 11 is 0. The fraction of sp³-hybridized carbons (Fsp3) is 0.200. The molecule has 0 radical (unpaired) electrons. The number of aliphatic hydroxyl groups is 1. The van der Waals surface area contributed by atoms with Crippen LogP contribution in [0.25, 0.3) is 0 Å². The average Bonchev–Trinajstić information content (AvgIpc) is 2.03. The topological polar surface area (TPSA) is 20.2 Å². The van der Waals surface area contributed by atoms with E-state index in [-0.39, 0.29) is 6.61 Å². The monoisotopic (exact) mass is 148 g/mol. The Morgan fingerprint density at radius 1 is 1.73 bits per heavy atom. The van der Waals surface area contributed by atoms with Gasteiger partial charge in [-0.25, -0.2) is 0 Å². The Kier molecular flexibility index (Phi) is 4.89. The number of hydrogen-bond acceptors (Lipinski definition) is 1. The molecule has 0 aromatic carbocycles. The highest BCUT2D eigenvalue weighted by molar-refractivity contribution is 5.34. The second kappa shape index (κ2) is 5.52. The van der Waals surface area contributed by atoms with E-state index >= 15 is 0 Å². The normalized spacial score (nSPS) is 12.5. The van der Waals surface area contributed by atoms with Crippen LogP contribution in [0.2, 0.25) is 0 Å². The fourth-order valence-corrected chi connectivity index (χ4v) is 0.618. The molecule has 0 amide bonds. The Morgan fingerprint density at radius 3 is 2.73 bits per heavy atom. The molecule has 1 nitrogen and oxygen atoms in total. The second-order valence-electron chi connectivity index (χ2n) is 2.11. The summed E-state index contributed by atoms with van der Waals surface area (Å²) in [6.45, 7) is 5.32. The van der Waals surface area contributed by atoms with Gasteiger partial charge in [-0.2, -0.15) is 0 Å². The van der Waals surface area contributed by atoms with E-state index in [1.54, 1.807) is 18.2 Å². The summed E-state index contributed by atoms with van der Waals surface area (Å²) in [5, 5.41) is 8.77. The molecule has 0 unspecified atom stereocenters. The van der Waals surface area contributed by atoms with Crippen molar-refractivity contribution >= 4 is 0 Å². The molecule has 0 aromatic rings. The molecule has 0 rings (SSSR count). The van der Waals surface area contributed by atoms with Crippen molar-refractivity contribution in [3.05, 3.63) is 36.0 Å². The predicted molar refractivity (Wildman–Crippen MR) is 48.0 cm³/mol. The van der Waals surface area contributed by atoms with E-state index in [0.29, 0.717) is 0 Å². The Morgan fingerprint density at radius 2 is 2.36 bits per heavy atom. The first-order valence-corrected chi connectivity index (χ1v) is 3.32. The van der Waals surface area contributed by atoms with E-state index in [4.69, 9.17) is 11.5 Å². The van der Waals surface area contributed by atoms with E-state index in [9.17, 15) is 0 Å². The van der Waals surface area contributed by atoms with Gasteiger partial charge in [-0.05, 0) is 24.1 Å². The Bertz CT molecular complexity index is 226. The number of aliphatic hydroxyl groups excluding tert-OH is 1. The molecule has 0 aliphatic heterocycles. The van der Waals surface area contributed by atoms with Crippen molar-refractivity contribution in [1.29, 1.82) is 0 Å². The predicted octanol–water partition coefficient (Wildman–Crippen LogP) is 1.67. The largest absolute Gasteiger partial charge is 0.392 e. The van der Waals surface area contributed by atoms with Crippen LogP contribution in [0.3, 0.4) is 0 Å². The fourth-order valence-electron chi connectivity index (χ4n) is 0.618. The van der Waals surface area contributed by atoms with Crippen LogP contribution in [0.15, 0.2) is 36.0 Å². The van der Waals surface area contributed by atoms with Gasteiger partial charge in [-0.15, -0.1) is 6.42 Å². The lowest BCUT2D eigenvalue weighted by molar-refractivity contribution is 0.335. The molecule has 58 valence electrons. The third-order valence-electron chi connectivity index (χ3n) is 1.14. The van der Waals surface area contributed by atoms with Crippen molar-refractivity contribution in [2.45, 2.75) is 6.92 Å². The van der Waals surface area contributed by atoms with Crippen LogP contribution in [0, 0.1) is 12.3 Å². The van der Waals surface area contributed by atoms with Crippen LogP contribution < -0.4 is 0 Å². The number of terminal acetylenes is 1. The lowest BCUT2D eigenvalue weighted by Gasteiger charge is -1.94. The first-order valence-electron chi connectivity index (χ1n) is 3.32. The highest BCUT2D eigenvalue weighted by Gasteiger charge is 1.88. The van der Waals surface area contributed by atoms with Crippen molar-refractivity contribution < 1.29 is 5.11 Å². The lowest BCUT2D eigenvalue weighted by atomic mass is 10.2. The van der Waals surface area contributed by atoms with Gasteiger partial charge in [-0.1, -0.05) is 24.7 Å². The maximum absolute atomic E-state index is 8.77. The van der Waals surface area contributed by atoms with Gasteiger partial charge in [0.25, 0.3) is 0 Å². The van der Waals surface area contributed by atoms with Gasteiger partial charge in [0.05, 0.1) is 6.61 Å². The second-order valence-corrected chi connectivity index (χ2v) is 2.11. The third-order valence-corrected chi connectivity index (χ3v) is 1.14. The van der Waals surface area contributed by atoms with E-state index in [1.807, 2.05) is 6.92 Å². The molecule has 1 N–H and O–H groups in total. The maximum Gasteiger partial charge on any atom is 0.0682 e. The zero-order chi connectivity index (χ0) is 8.69. The standard InChI is InChI=1S/C10H12O/c1-4-6-10(8-11)7-9(3)5-2/h2,4,6-7,11H,1,8H2,3H3/b9-7+,10-6+. The minimum atomic E-state index is -0.00889. The van der Waals surface area contributed by atoms with Crippen LogP contribution in [0.1, 0.15) is 6.92 Å². The average molecular weight is 148 g/mol. The summed E-state index contributed by atoms with van der Waals surface area (Å²) in [5.74, 6) is 2.46. The molecule has 0 atom stereocenters. The first kappa shape index (κ1) is 9.74. The van der Waals surface area contributed by atoms with Gasteiger partial charge >= 0.3 is 0 Å². The molecule has 0 aliphatic rings. The van der Waals surface area contributed by atoms with E-state index in [0.717, 1.165) is 11.1 Å². The Hall–Kier alpha value is -1.26. The highest BCUT2D eigenvalue weighted by Crippen LogP contribution is 2.00. The van der Waals surface area contributed by atoms with E-state index < -0.39 is 0 Å². The Balaban J connectivity index is 4.45. The van der Waals surface area contributed by atoms with E-state index in [2.05, 4.69) is 12.5 Å². The first-order chi connectivity index (χ1) is 5.24. The summed E-state index contributed by atoms with van der Waals surface area (Å²) < 4.78 is 0. The zero-order valence-corrected chi connectivity index (χ0v) is 6.67. The van der Waals surface area contributed by atoms with E-state index in [1.165, 1.54) is 0 Å². The van der Waals surface area contributed by atoms with Crippen molar-refractivity contribution in [3.63, 3.8) is 0 Å². The summed E-state index contributed by atoms with van der Waals surface area (Å²) in [6, 6.07) is 0. The SMILES string of the molecule is C#C/C(C)=C/C(=C\C=C)CO. The summed E-state index contributed by atoms with van der Waals surface area (Å²) in [6.07, 6.45) is 10.2. The van der Waals surface area contributed by atoms with Crippen LogP contribution in [0.5, 0.6) is 0 Å². The molecule has 0 saturated heterocycles. The molecule has 11 heavy (non-hydrogen) atoms. The van der Waals surface area contributed by atoms with Gasteiger partial charge in [0.2, 0.25) is 0 Å². The maximum atomic E-state index is 8.77. The smallest absolute Gasteiger partial charge is 0.0682 e. The highest BCUT2D eigenvalue weighted by atomic mass is 16.3. The molecule has 0 aromatic heterocycles. The summed E-state index contributed by atoms with van der Waals surface area (Å²) in [7, 11) is 0. The number of hydrogen-bond donors (Lipinski definition) is 1. The molecule has 0 spiro atoms. The number of rotatable bonds is 3. The van der Waals surface area contributed by atoms with Gasteiger partial charge in [0, 0.05) is 0 Å². The van der Waals surface area contributed by atoms with Gasteiger partial charge in [-0.3, -0.25) is 0 Å². The van der Waals surface area contributed by atoms with Crippen molar-refractivity contribution in [2.24, 2.45) is 0 Å². The summed E-state index contributed by atoms with van der Waals surface area (Å²) in [4.78, 5) is 0. The van der Waals surface area contributed by atoms with Gasteiger partial charge in [0.1, 0.15) is 0 Å². The van der Waals surface area contributed by atoms with Gasteiger partial charge in [0.15, 0.2) is 0 Å². The van der Waals surface area contributed by atoms with Crippen molar-refractivity contribution in [3.8, 4) is 12.3 Å². The molecular formula is C10H12O. The summed E-state index contributed by atoms with van der Waals surface area (Å²) in [5.41, 5.74) is 1.57. The minimum Gasteiger partial charge on any atom is -0.392 e. The zero-order valence-electron chi connectivity index (χ0n) is 6.67. The quantitative estimate of drug-likeness (QED) is 0.477. The molecule has 0 aliphatic carbocycles. The third kappa shape index (κ3) is 4.19. The molecular weight excluding hydrogens is 136 g/mol. The Labute approximate surface area is 67.7 Å². The van der Waals surface area contributed by atoms with Crippen molar-refractivity contribution in [1.82, 2.24) is 0 Å². The van der Waals surface area contributed by atoms with Crippen LogP contribution in [0.4, 0.5) is 0 Å².